The molecule has 0 saturated heterocycles. The van der Waals surface area contributed by atoms with Gasteiger partial charge < -0.3 is 15.6 Å². The Hall–Kier alpha value is -2.15. The summed E-state index contributed by atoms with van der Waals surface area (Å²) in [5, 5.41) is 19.8. The number of ether oxygens (including phenoxy) is 1. The molecule has 0 aromatic heterocycles. The van der Waals surface area contributed by atoms with Gasteiger partial charge in [-0.15, -0.1) is 0 Å². The van der Waals surface area contributed by atoms with Gasteiger partial charge >= 0.3 is 5.97 Å². The third kappa shape index (κ3) is 3.05. The zero-order valence-corrected chi connectivity index (χ0v) is 10.8. The van der Waals surface area contributed by atoms with Gasteiger partial charge in [0, 0.05) is 12.5 Å². The van der Waals surface area contributed by atoms with Crippen molar-refractivity contribution in [3.05, 3.63) is 34.4 Å². The van der Waals surface area contributed by atoms with Gasteiger partial charge in [-0.25, -0.2) is 0 Å². The number of carboxylic acids is 1. The monoisotopic (exact) mass is 280 g/mol. The van der Waals surface area contributed by atoms with E-state index in [0.717, 1.165) is 0 Å². The maximum atomic E-state index is 11.1. The van der Waals surface area contributed by atoms with Crippen LogP contribution in [0.5, 0.6) is 5.75 Å². The Morgan fingerprint density at radius 2 is 2.30 bits per heavy atom. The summed E-state index contributed by atoms with van der Waals surface area (Å²) in [5.41, 5.74) is 4.50. The Morgan fingerprint density at radius 3 is 2.95 bits per heavy atom. The first-order valence-corrected chi connectivity index (χ1v) is 6.34. The van der Waals surface area contributed by atoms with Crippen LogP contribution in [0.15, 0.2) is 24.3 Å². The number of carbonyl (C=O) groups is 1. The predicted molar refractivity (Wildman–Crippen MR) is 70.5 cm³/mol. The second-order valence-corrected chi connectivity index (χ2v) is 5.05. The van der Waals surface area contributed by atoms with Gasteiger partial charge in [0.1, 0.15) is 17.4 Å². The van der Waals surface area contributed by atoms with Crippen LogP contribution in [0.3, 0.4) is 0 Å². The minimum absolute atomic E-state index is 0.0597. The molecule has 1 fully saturated rings. The van der Waals surface area contributed by atoms with E-state index in [1.54, 1.807) is 6.07 Å². The van der Waals surface area contributed by atoms with Gasteiger partial charge in [0.05, 0.1) is 11.0 Å². The summed E-state index contributed by atoms with van der Waals surface area (Å²) in [5.74, 6) is -0.677. The van der Waals surface area contributed by atoms with E-state index in [0.29, 0.717) is 25.0 Å². The SMILES string of the molecule is NC1(C(=O)O)CCCC(Oc2cccc([N+](=O)[O-])c2)C1. The average molecular weight is 280 g/mol. The fourth-order valence-electron chi connectivity index (χ4n) is 2.41. The highest BCUT2D eigenvalue weighted by Gasteiger charge is 2.40. The summed E-state index contributed by atoms with van der Waals surface area (Å²) in [6.07, 6.45) is 1.62. The highest BCUT2D eigenvalue weighted by molar-refractivity contribution is 5.78. The number of benzene rings is 1. The standard InChI is InChI=1S/C13H16N2O5/c14-13(12(16)17)6-2-5-11(8-13)20-10-4-1-3-9(7-10)15(18)19/h1,3-4,7,11H,2,5-6,8,14H2,(H,16,17). The number of nitrogens with two attached hydrogens (primary N) is 1. The number of hydrogen-bond donors (Lipinski definition) is 2. The molecule has 1 aromatic carbocycles. The predicted octanol–water partition coefficient (Wildman–Crippen LogP) is 1.70. The summed E-state index contributed by atoms with van der Waals surface area (Å²) in [7, 11) is 0. The molecule has 0 heterocycles. The van der Waals surface area contributed by atoms with Crippen molar-refractivity contribution in [2.45, 2.75) is 37.3 Å². The molecule has 1 aliphatic rings. The van der Waals surface area contributed by atoms with Gasteiger partial charge in [0.25, 0.3) is 5.69 Å². The molecule has 0 bridgehead atoms. The Balaban J connectivity index is 2.08. The molecule has 0 amide bonds. The molecule has 1 aliphatic carbocycles. The highest BCUT2D eigenvalue weighted by Crippen LogP contribution is 2.30. The maximum absolute atomic E-state index is 11.1. The number of nitro groups is 1. The third-order valence-corrected chi connectivity index (χ3v) is 3.50. The second-order valence-electron chi connectivity index (χ2n) is 5.05. The average Bonchev–Trinajstić information content (AvgIpc) is 2.39. The topological polar surface area (TPSA) is 116 Å². The summed E-state index contributed by atoms with van der Waals surface area (Å²) in [6, 6.07) is 5.84. The Labute approximate surface area is 115 Å². The fourth-order valence-corrected chi connectivity index (χ4v) is 2.41. The second kappa shape index (κ2) is 5.46. The summed E-state index contributed by atoms with van der Waals surface area (Å²) in [6.45, 7) is 0. The molecule has 0 aliphatic heterocycles. The van der Waals surface area contributed by atoms with Crippen LogP contribution in [-0.4, -0.2) is 27.6 Å². The number of hydrogen-bond acceptors (Lipinski definition) is 5. The lowest BCUT2D eigenvalue weighted by molar-refractivity contribution is -0.385. The number of non-ortho nitro benzene ring substituents is 1. The van der Waals surface area contributed by atoms with Crippen LogP contribution < -0.4 is 10.5 Å². The van der Waals surface area contributed by atoms with Gasteiger partial charge in [0.15, 0.2) is 0 Å². The quantitative estimate of drug-likeness (QED) is 0.640. The molecule has 2 atom stereocenters. The first-order valence-electron chi connectivity index (χ1n) is 6.34. The highest BCUT2D eigenvalue weighted by atomic mass is 16.6. The molecule has 1 aromatic rings. The minimum atomic E-state index is -1.27. The van der Waals surface area contributed by atoms with Crippen LogP contribution in [0.2, 0.25) is 0 Å². The zero-order valence-electron chi connectivity index (χ0n) is 10.8. The first-order chi connectivity index (χ1) is 9.40. The summed E-state index contributed by atoms with van der Waals surface area (Å²) < 4.78 is 5.64. The van der Waals surface area contributed by atoms with E-state index in [1.807, 2.05) is 0 Å². The van der Waals surface area contributed by atoms with E-state index in [4.69, 9.17) is 15.6 Å². The molecule has 3 N–H and O–H groups in total. The van der Waals surface area contributed by atoms with Crippen LogP contribution in [0.25, 0.3) is 0 Å². The van der Waals surface area contributed by atoms with Crippen LogP contribution >= 0.6 is 0 Å². The minimum Gasteiger partial charge on any atom is -0.490 e. The Kier molecular flexibility index (Phi) is 3.89. The van der Waals surface area contributed by atoms with Crippen molar-refractivity contribution in [1.29, 1.82) is 0 Å². The van der Waals surface area contributed by atoms with Crippen molar-refractivity contribution < 1.29 is 19.6 Å². The third-order valence-electron chi connectivity index (χ3n) is 3.50. The van der Waals surface area contributed by atoms with Gasteiger partial charge in [0.2, 0.25) is 0 Å². The van der Waals surface area contributed by atoms with Crippen molar-refractivity contribution in [3.63, 3.8) is 0 Å². The van der Waals surface area contributed by atoms with Gasteiger partial charge in [-0.1, -0.05) is 6.07 Å². The van der Waals surface area contributed by atoms with Gasteiger partial charge in [-0.3, -0.25) is 14.9 Å². The molecular weight excluding hydrogens is 264 g/mol. The Bertz CT molecular complexity index is 533. The van der Waals surface area contributed by atoms with Crippen molar-refractivity contribution in [2.75, 3.05) is 0 Å². The Morgan fingerprint density at radius 1 is 1.55 bits per heavy atom. The van der Waals surface area contributed by atoms with E-state index in [-0.39, 0.29) is 18.2 Å². The van der Waals surface area contributed by atoms with E-state index in [1.165, 1.54) is 18.2 Å². The van der Waals surface area contributed by atoms with Crippen molar-refractivity contribution >= 4 is 11.7 Å². The zero-order chi connectivity index (χ0) is 14.8. The first kappa shape index (κ1) is 14.3. The summed E-state index contributed by atoms with van der Waals surface area (Å²) in [4.78, 5) is 21.3. The van der Waals surface area contributed by atoms with E-state index in [9.17, 15) is 14.9 Å². The molecule has 108 valence electrons. The van der Waals surface area contributed by atoms with Crippen LogP contribution in [0.4, 0.5) is 5.69 Å². The molecule has 2 rings (SSSR count). The number of carboxylic acid groups (broad SMARTS) is 1. The lowest BCUT2D eigenvalue weighted by Crippen LogP contribution is -2.53. The lowest BCUT2D eigenvalue weighted by atomic mass is 9.81. The van der Waals surface area contributed by atoms with Crippen molar-refractivity contribution in [3.8, 4) is 5.75 Å². The smallest absolute Gasteiger partial charge is 0.323 e. The lowest BCUT2D eigenvalue weighted by Gasteiger charge is -2.34. The number of nitro benzene ring substituents is 1. The summed E-state index contributed by atoms with van der Waals surface area (Å²) >= 11 is 0. The van der Waals surface area contributed by atoms with E-state index < -0.39 is 16.4 Å². The fraction of sp³-hybridized carbons (Fsp3) is 0.462. The molecule has 0 spiro atoms. The van der Waals surface area contributed by atoms with Crippen LogP contribution in [0.1, 0.15) is 25.7 Å². The number of rotatable bonds is 4. The molecule has 7 nitrogen and oxygen atoms in total. The molecule has 0 radical (unpaired) electrons. The molecule has 7 heteroatoms. The van der Waals surface area contributed by atoms with Gasteiger partial charge in [-0.2, -0.15) is 0 Å². The van der Waals surface area contributed by atoms with Crippen LogP contribution in [-0.2, 0) is 4.79 Å². The normalized spacial score (nSPS) is 25.9. The van der Waals surface area contributed by atoms with Crippen LogP contribution in [0, 0.1) is 10.1 Å². The van der Waals surface area contributed by atoms with Crippen molar-refractivity contribution in [1.82, 2.24) is 0 Å². The van der Waals surface area contributed by atoms with Crippen molar-refractivity contribution in [2.24, 2.45) is 5.73 Å². The largest absolute Gasteiger partial charge is 0.490 e. The van der Waals surface area contributed by atoms with E-state index >= 15 is 0 Å². The number of aliphatic carboxylic acids is 1. The van der Waals surface area contributed by atoms with Gasteiger partial charge in [-0.05, 0) is 25.3 Å². The molecule has 1 saturated carbocycles. The molecular formula is C13H16N2O5. The molecule has 2 unspecified atom stereocenters. The van der Waals surface area contributed by atoms with E-state index in [2.05, 4.69) is 0 Å². The number of nitrogens with zero attached hydrogens (tertiary/aromatic N) is 1. The molecule has 20 heavy (non-hydrogen) atoms. The maximum Gasteiger partial charge on any atom is 0.323 e.